The third-order valence-electron chi connectivity index (χ3n) is 2.92. The molecule has 0 aliphatic heterocycles. The van der Waals surface area contributed by atoms with E-state index in [1.54, 1.807) is 21.3 Å². The average molecular weight is 283 g/mol. The molecule has 1 aromatic carbocycles. The van der Waals surface area contributed by atoms with Gasteiger partial charge in [-0.1, -0.05) is 6.07 Å². The summed E-state index contributed by atoms with van der Waals surface area (Å²) in [5, 5.41) is 3.23. The molecule has 1 aromatic rings. The summed E-state index contributed by atoms with van der Waals surface area (Å²) in [6.45, 7) is 3.79. The molecule has 0 aliphatic rings. The summed E-state index contributed by atoms with van der Waals surface area (Å²) in [6, 6.07) is 5.84. The van der Waals surface area contributed by atoms with E-state index in [1.807, 2.05) is 18.2 Å². The van der Waals surface area contributed by atoms with Crippen molar-refractivity contribution < 1.29 is 18.9 Å². The Kier molecular flexibility index (Phi) is 8.78. The molecule has 0 bridgehead atoms. The zero-order valence-corrected chi connectivity index (χ0v) is 12.6. The van der Waals surface area contributed by atoms with Gasteiger partial charge in [0.2, 0.25) is 0 Å². The molecule has 0 fully saturated rings. The number of benzene rings is 1. The third-order valence-corrected chi connectivity index (χ3v) is 2.92. The maximum Gasteiger partial charge on any atom is 0.125 e. The van der Waals surface area contributed by atoms with Gasteiger partial charge < -0.3 is 24.3 Å². The quantitative estimate of drug-likeness (QED) is 0.624. The van der Waals surface area contributed by atoms with Crippen molar-refractivity contribution >= 4 is 0 Å². The van der Waals surface area contributed by atoms with Crippen LogP contribution < -0.4 is 14.8 Å². The van der Waals surface area contributed by atoms with Gasteiger partial charge in [0.05, 0.1) is 34.0 Å². The molecular formula is C15H25NO4. The van der Waals surface area contributed by atoms with Gasteiger partial charge in [-0.15, -0.1) is 0 Å². The highest BCUT2D eigenvalue weighted by atomic mass is 16.5. The zero-order valence-electron chi connectivity index (χ0n) is 12.6. The van der Waals surface area contributed by atoms with Crippen molar-refractivity contribution in [1.29, 1.82) is 0 Å². The second-order valence-electron chi connectivity index (χ2n) is 4.28. The van der Waals surface area contributed by atoms with Crippen molar-refractivity contribution in [3.8, 4) is 11.5 Å². The van der Waals surface area contributed by atoms with Crippen molar-refractivity contribution in [3.05, 3.63) is 23.8 Å². The van der Waals surface area contributed by atoms with Crippen LogP contribution in [0.5, 0.6) is 11.5 Å². The van der Waals surface area contributed by atoms with Gasteiger partial charge in [0.15, 0.2) is 0 Å². The van der Waals surface area contributed by atoms with Gasteiger partial charge in [-0.3, -0.25) is 0 Å². The minimum atomic E-state index is 0.675. The number of nitrogens with one attached hydrogen (secondary N) is 1. The van der Waals surface area contributed by atoms with Gasteiger partial charge in [-0.25, -0.2) is 0 Å². The minimum absolute atomic E-state index is 0.675. The Morgan fingerprint density at radius 3 is 2.45 bits per heavy atom. The molecule has 0 radical (unpaired) electrons. The van der Waals surface area contributed by atoms with Crippen LogP contribution in [0.2, 0.25) is 0 Å². The van der Waals surface area contributed by atoms with Gasteiger partial charge in [-0.2, -0.15) is 0 Å². The van der Waals surface area contributed by atoms with Crippen LogP contribution in [-0.4, -0.2) is 54.2 Å². The SMILES string of the molecule is COCCNCCOCCc1ccc(OC)cc1OC. The fraction of sp³-hybridized carbons (Fsp3) is 0.600. The Bertz CT molecular complexity index is 371. The van der Waals surface area contributed by atoms with E-state index in [2.05, 4.69) is 5.32 Å². The predicted molar refractivity (Wildman–Crippen MR) is 78.8 cm³/mol. The lowest BCUT2D eigenvalue weighted by molar-refractivity contribution is 0.135. The normalized spacial score (nSPS) is 10.6. The highest BCUT2D eigenvalue weighted by Gasteiger charge is 2.04. The van der Waals surface area contributed by atoms with Gasteiger partial charge in [-0.05, 0) is 18.1 Å². The maximum atomic E-state index is 5.58. The molecule has 0 heterocycles. The van der Waals surface area contributed by atoms with Gasteiger partial charge in [0.25, 0.3) is 0 Å². The van der Waals surface area contributed by atoms with E-state index in [1.165, 1.54) is 0 Å². The summed E-state index contributed by atoms with van der Waals surface area (Å²) in [6.07, 6.45) is 0.825. The molecule has 0 atom stereocenters. The molecule has 0 spiro atoms. The van der Waals surface area contributed by atoms with Crippen LogP contribution in [0.25, 0.3) is 0 Å². The summed E-state index contributed by atoms with van der Waals surface area (Å²) in [5.41, 5.74) is 1.13. The first kappa shape index (κ1) is 16.8. The lowest BCUT2D eigenvalue weighted by Gasteiger charge is -2.11. The molecule has 0 unspecified atom stereocenters. The van der Waals surface area contributed by atoms with E-state index in [4.69, 9.17) is 18.9 Å². The number of rotatable bonds is 11. The monoisotopic (exact) mass is 283 g/mol. The zero-order chi connectivity index (χ0) is 14.6. The highest BCUT2D eigenvalue weighted by molar-refractivity contribution is 5.40. The Hall–Kier alpha value is -1.30. The Balaban J connectivity index is 2.21. The summed E-state index contributed by atoms with van der Waals surface area (Å²) in [7, 11) is 5.01. The van der Waals surface area contributed by atoms with Crippen molar-refractivity contribution in [2.24, 2.45) is 0 Å². The lowest BCUT2D eigenvalue weighted by atomic mass is 10.1. The lowest BCUT2D eigenvalue weighted by Crippen LogP contribution is -2.23. The first-order valence-corrected chi connectivity index (χ1v) is 6.80. The molecule has 5 heteroatoms. The Morgan fingerprint density at radius 1 is 0.950 bits per heavy atom. The Labute approximate surface area is 121 Å². The smallest absolute Gasteiger partial charge is 0.125 e. The van der Waals surface area contributed by atoms with Crippen molar-refractivity contribution in [2.45, 2.75) is 6.42 Å². The molecule has 0 aromatic heterocycles. The third kappa shape index (κ3) is 6.23. The summed E-state index contributed by atoms with van der Waals surface area (Å²) in [4.78, 5) is 0. The number of hydrogen-bond donors (Lipinski definition) is 1. The summed E-state index contributed by atoms with van der Waals surface area (Å²) >= 11 is 0. The molecular weight excluding hydrogens is 258 g/mol. The second kappa shape index (κ2) is 10.5. The molecule has 114 valence electrons. The standard InChI is InChI=1S/C15H25NO4/c1-17-10-7-16-8-11-20-9-6-13-4-5-14(18-2)12-15(13)19-3/h4-5,12,16H,6-11H2,1-3H3. The first-order valence-electron chi connectivity index (χ1n) is 6.80. The summed E-state index contributed by atoms with van der Waals surface area (Å²) in [5.74, 6) is 1.64. The number of methoxy groups -OCH3 is 3. The van der Waals surface area contributed by atoms with E-state index in [0.29, 0.717) is 13.2 Å². The fourth-order valence-electron chi connectivity index (χ4n) is 1.79. The second-order valence-corrected chi connectivity index (χ2v) is 4.28. The van der Waals surface area contributed by atoms with Crippen LogP contribution in [0.15, 0.2) is 18.2 Å². The van der Waals surface area contributed by atoms with Crippen LogP contribution in [0, 0.1) is 0 Å². The van der Waals surface area contributed by atoms with Gasteiger partial charge >= 0.3 is 0 Å². The van der Waals surface area contributed by atoms with Crippen LogP contribution >= 0.6 is 0 Å². The molecule has 0 amide bonds. The maximum absolute atomic E-state index is 5.58. The van der Waals surface area contributed by atoms with E-state index in [0.717, 1.165) is 43.2 Å². The molecule has 20 heavy (non-hydrogen) atoms. The molecule has 0 aliphatic carbocycles. The van der Waals surface area contributed by atoms with Gasteiger partial charge in [0.1, 0.15) is 11.5 Å². The van der Waals surface area contributed by atoms with Crippen molar-refractivity contribution in [2.75, 3.05) is 54.2 Å². The van der Waals surface area contributed by atoms with Crippen LogP contribution in [0.1, 0.15) is 5.56 Å². The minimum Gasteiger partial charge on any atom is -0.497 e. The largest absolute Gasteiger partial charge is 0.497 e. The average Bonchev–Trinajstić information content (AvgIpc) is 2.50. The molecule has 1 rings (SSSR count). The highest BCUT2D eigenvalue weighted by Crippen LogP contribution is 2.24. The molecule has 0 saturated heterocycles. The predicted octanol–water partition coefficient (Wildman–Crippen LogP) is 1.50. The van der Waals surface area contributed by atoms with Gasteiger partial charge in [0, 0.05) is 26.3 Å². The number of ether oxygens (including phenoxy) is 4. The molecule has 0 saturated carbocycles. The Morgan fingerprint density at radius 2 is 1.75 bits per heavy atom. The van der Waals surface area contributed by atoms with Crippen LogP contribution in [0.4, 0.5) is 0 Å². The van der Waals surface area contributed by atoms with Crippen LogP contribution in [0.3, 0.4) is 0 Å². The number of hydrogen-bond acceptors (Lipinski definition) is 5. The van der Waals surface area contributed by atoms with E-state index in [9.17, 15) is 0 Å². The van der Waals surface area contributed by atoms with E-state index >= 15 is 0 Å². The van der Waals surface area contributed by atoms with Crippen LogP contribution in [-0.2, 0) is 15.9 Å². The summed E-state index contributed by atoms with van der Waals surface area (Å²) < 4.78 is 21.0. The van der Waals surface area contributed by atoms with E-state index in [-0.39, 0.29) is 0 Å². The fourth-order valence-corrected chi connectivity index (χ4v) is 1.79. The van der Waals surface area contributed by atoms with Crippen molar-refractivity contribution in [1.82, 2.24) is 5.32 Å². The van der Waals surface area contributed by atoms with Crippen molar-refractivity contribution in [3.63, 3.8) is 0 Å². The van der Waals surface area contributed by atoms with E-state index < -0.39 is 0 Å². The molecule has 5 nitrogen and oxygen atoms in total. The molecule has 1 N–H and O–H groups in total. The first-order chi connectivity index (χ1) is 9.81. The topological polar surface area (TPSA) is 49.0 Å².